The largest absolute Gasteiger partial charge is 0.289 e. The Morgan fingerprint density at radius 1 is 0.812 bits per heavy atom. The van der Waals surface area contributed by atoms with Gasteiger partial charge in [0.05, 0.1) is 0 Å². The van der Waals surface area contributed by atoms with Crippen LogP contribution in [0.15, 0.2) is 59.7 Å². The summed E-state index contributed by atoms with van der Waals surface area (Å²) in [6.07, 6.45) is 3.33. The third-order valence-electron chi connectivity index (χ3n) is 2.75. The number of rotatable bonds is 0. The second kappa shape index (κ2) is 3.42. The van der Waals surface area contributed by atoms with Crippen molar-refractivity contribution in [2.24, 2.45) is 0 Å². The third-order valence-corrected chi connectivity index (χ3v) is 2.75. The van der Waals surface area contributed by atoms with Crippen molar-refractivity contribution in [3.63, 3.8) is 0 Å². The molecule has 0 saturated heterocycles. The normalized spacial score (nSPS) is 10.8. The maximum Gasteiger partial charge on any atom is 0.195 e. The van der Waals surface area contributed by atoms with E-state index in [2.05, 4.69) is 4.98 Å². The highest BCUT2D eigenvalue weighted by Crippen LogP contribution is 2.13. The molecule has 0 N–H and O–H groups in total. The standard InChI is InChI=1S/C14H9NO/c16-14-12-4-2-1-3-10(12)5-6-11-7-8-15-9-13(11)14/h1-9H. The van der Waals surface area contributed by atoms with Crippen LogP contribution < -0.4 is 5.43 Å². The van der Waals surface area contributed by atoms with E-state index in [1.54, 1.807) is 12.4 Å². The van der Waals surface area contributed by atoms with Crippen molar-refractivity contribution in [1.82, 2.24) is 4.98 Å². The van der Waals surface area contributed by atoms with Gasteiger partial charge in [-0.1, -0.05) is 36.4 Å². The molecule has 2 nitrogen and oxygen atoms in total. The minimum atomic E-state index is 0.0451. The Bertz CT molecular complexity index is 673. The third kappa shape index (κ3) is 1.27. The molecular weight excluding hydrogens is 198 g/mol. The van der Waals surface area contributed by atoms with Gasteiger partial charge in [0.2, 0.25) is 0 Å². The van der Waals surface area contributed by atoms with Gasteiger partial charge in [-0.3, -0.25) is 9.78 Å². The molecule has 0 radical (unpaired) electrons. The van der Waals surface area contributed by atoms with Gasteiger partial charge in [-0.15, -0.1) is 0 Å². The molecule has 0 unspecified atom stereocenters. The molecule has 16 heavy (non-hydrogen) atoms. The Hall–Kier alpha value is -2.22. The van der Waals surface area contributed by atoms with Crippen LogP contribution in [-0.4, -0.2) is 4.98 Å². The van der Waals surface area contributed by atoms with E-state index < -0.39 is 0 Å². The molecule has 0 spiro atoms. The summed E-state index contributed by atoms with van der Waals surface area (Å²) in [4.78, 5) is 16.3. The summed E-state index contributed by atoms with van der Waals surface area (Å²) >= 11 is 0. The Balaban J connectivity index is 2.69. The molecule has 1 aromatic heterocycles. The number of hydrogen-bond donors (Lipinski definition) is 0. The number of hydrogen-bond acceptors (Lipinski definition) is 2. The molecule has 3 rings (SSSR count). The maximum absolute atomic E-state index is 12.2. The molecule has 0 aliphatic heterocycles. The van der Waals surface area contributed by atoms with E-state index in [1.807, 2.05) is 42.5 Å². The highest BCUT2D eigenvalue weighted by atomic mass is 16.1. The van der Waals surface area contributed by atoms with Gasteiger partial charge in [0.15, 0.2) is 5.43 Å². The number of fused-ring (bicyclic) bond motifs is 2. The number of aromatic nitrogens is 1. The predicted molar refractivity (Wildman–Crippen MR) is 65.5 cm³/mol. The lowest BCUT2D eigenvalue weighted by molar-refractivity contribution is 1.36. The monoisotopic (exact) mass is 207 g/mol. The molecule has 0 atom stereocenters. The van der Waals surface area contributed by atoms with Crippen LogP contribution in [0.1, 0.15) is 0 Å². The molecule has 0 aliphatic carbocycles. The number of pyridine rings is 1. The summed E-state index contributed by atoms with van der Waals surface area (Å²) < 4.78 is 0. The van der Waals surface area contributed by atoms with Crippen LogP contribution in [0, 0.1) is 0 Å². The van der Waals surface area contributed by atoms with Crippen molar-refractivity contribution < 1.29 is 0 Å². The molecule has 2 aromatic carbocycles. The molecule has 0 aliphatic rings. The summed E-state index contributed by atoms with van der Waals surface area (Å²) in [5, 5.41) is 3.30. The molecule has 0 amide bonds. The molecule has 2 heteroatoms. The maximum atomic E-state index is 12.2. The predicted octanol–water partition coefficient (Wildman–Crippen LogP) is 2.75. The van der Waals surface area contributed by atoms with Gasteiger partial charge >= 0.3 is 0 Å². The van der Waals surface area contributed by atoms with Crippen LogP contribution in [0.3, 0.4) is 0 Å². The summed E-state index contributed by atoms with van der Waals surface area (Å²) in [5.74, 6) is 0. The molecular formula is C14H9NO. The Morgan fingerprint density at radius 3 is 2.44 bits per heavy atom. The average Bonchev–Trinajstić information content (AvgIpc) is 2.49. The first-order chi connectivity index (χ1) is 7.86. The van der Waals surface area contributed by atoms with Crippen LogP contribution in [-0.2, 0) is 0 Å². The minimum Gasteiger partial charge on any atom is -0.289 e. The first-order valence-electron chi connectivity index (χ1n) is 5.12. The van der Waals surface area contributed by atoms with Gasteiger partial charge in [-0.25, -0.2) is 0 Å². The summed E-state index contributed by atoms with van der Waals surface area (Å²) in [6, 6.07) is 13.4. The molecule has 76 valence electrons. The van der Waals surface area contributed by atoms with Crippen LogP contribution in [0.5, 0.6) is 0 Å². The van der Waals surface area contributed by atoms with Crippen molar-refractivity contribution in [3.05, 3.63) is 65.1 Å². The fourth-order valence-electron chi connectivity index (χ4n) is 1.91. The van der Waals surface area contributed by atoms with Crippen molar-refractivity contribution in [3.8, 4) is 0 Å². The summed E-state index contributed by atoms with van der Waals surface area (Å²) in [7, 11) is 0. The first-order valence-corrected chi connectivity index (χ1v) is 5.12. The molecule has 3 aromatic rings. The van der Waals surface area contributed by atoms with E-state index in [0.29, 0.717) is 5.39 Å². The van der Waals surface area contributed by atoms with E-state index in [-0.39, 0.29) is 5.43 Å². The lowest BCUT2D eigenvalue weighted by Gasteiger charge is -1.89. The topological polar surface area (TPSA) is 30.0 Å². The van der Waals surface area contributed by atoms with E-state index in [0.717, 1.165) is 16.2 Å². The Labute approximate surface area is 92.2 Å². The summed E-state index contributed by atoms with van der Waals surface area (Å²) in [6.45, 7) is 0. The Morgan fingerprint density at radius 2 is 1.56 bits per heavy atom. The lowest BCUT2D eigenvalue weighted by Crippen LogP contribution is -1.98. The molecule has 1 heterocycles. The van der Waals surface area contributed by atoms with Gasteiger partial charge in [0, 0.05) is 23.2 Å². The smallest absolute Gasteiger partial charge is 0.195 e. The lowest BCUT2D eigenvalue weighted by atomic mass is 10.2. The second-order valence-electron chi connectivity index (χ2n) is 3.71. The zero-order valence-electron chi connectivity index (χ0n) is 8.55. The zero-order chi connectivity index (χ0) is 11.0. The van der Waals surface area contributed by atoms with Crippen molar-refractivity contribution in [2.45, 2.75) is 0 Å². The van der Waals surface area contributed by atoms with E-state index in [1.165, 1.54) is 0 Å². The summed E-state index contributed by atoms with van der Waals surface area (Å²) in [5.41, 5.74) is 0.0451. The highest BCUT2D eigenvalue weighted by molar-refractivity contribution is 5.92. The molecule has 0 fully saturated rings. The Kier molecular flexibility index (Phi) is 1.93. The van der Waals surface area contributed by atoms with Crippen LogP contribution in [0.2, 0.25) is 0 Å². The fourth-order valence-corrected chi connectivity index (χ4v) is 1.91. The second-order valence-corrected chi connectivity index (χ2v) is 3.71. The van der Waals surface area contributed by atoms with Crippen LogP contribution >= 0.6 is 0 Å². The first kappa shape index (κ1) is 9.04. The number of benzene rings is 1. The molecule has 0 saturated carbocycles. The quantitative estimate of drug-likeness (QED) is 0.567. The van der Waals surface area contributed by atoms with E-state index >= 15 is 0 Å². The van der Waals surface area contributed by atoms with Gasteiger partial charge in [-0.05, 0) is 16.8 Å². The van der Waals surface area contributed by atoms with Crippen molar-refractivity contribution in [1.29, 1.82) is 0 Å². The van der Waals surface area contributed by atoms with Gasteiger partial charge < -0.3 is 0 Å². The van der Waals surface area contributed by atoms with Gasteiger partial charge in [0.25, 0.3) is 0 Å². The fraction of sp³-hybridized carbons (Fsp3) is 0. The minimum absolute atomic E-state index is 0.0451. The highest BCUT2D eigenvalue weighted by Gasteiger charge is 2.00. The SMILES string of the molecule is O=c1c2ccccc2ccc2ccncc12. The average molecular weight is 207 g/mol. The van der Waals surface area contributed by atoms with E-state index in [4.69, 9.17) is 0 Å². The van der Waals surface area contributed by atoms with Crippen molar-refractivity contribution in [2.75, 3.05) is 0 Å². The van der Waals surface area contributed by atoms with Crippen LogP contribution in [0.25, 0.3) is 21.5 Å². The van der Waals surface area contributed by atoms with Gasteiger partial charge in [0.1, 0.15) is 0 Å². The molecule has 0 bridgehead atoms. The number of nitrogens with zero attached hydrogens (tertiary/aromatic N) is 1. The van der Waals surface area contributed by atoms with Crippen molar-refractivity contribution >= 4 is 21.5 Å². The van der Waals surface area contributed by atoms with Crippen LogP contribution in [0.4, 0.5) is 0 Å². The van der Waals surface area contributed by atoms with E-state index in [9.17, 15) is 4.79 Å². The zero-order valence-corrected chi connectivity index (χ0v) is 8.55. The van der Waals surface area contributed by atoms with Gasteiger partial charge in [-0.2, -0.15) is 0 Å².